The van der Waals surface area contributed by atoms with Crippen LogP contribution in [0.5, 0.6) is 0 Å². The Labute approximate surface area is 155 Å². The SMILES string of the molecule is CC(=N\NC(=O)c1oc2ccccc2c1C)/C(Cl)=N/Nc1ccccc1. The van der Waals surface area contributed by atoms with Gasteiger partial charge < -0.3 is 4.42 Å². The van der Waals surface area contributed by atoms with Crippen molar-refractivity contribution in [2.75, 3.05) is 5.43 Å². The first-order chi connectivity index (χ1) is 12.6. The average Bonchev–Trinajstić information content (AvgIpc) is 3.02. The van der Waals surface area contributed by atoms with Crippen molar-refractivity contribution in [1.82, 2.24) is 5.43 Å². The maximum Gasteiger partial charge on any atom is 0.307 e. The number of para-hydroxylation sites is 2. The van der Waals surface area contributed by atoms with Crippen LogP contribution in [0.2, 0.25) is 0 Å². The molecule has 0 saturated carbocycles. The maximum atomic E-state index is 12.3. The number of hydrogen-bond acceptors (Lipinski definition) is 5. The Kier molecular flexibility index (Phi) is 5.34. The Bertz CT molecular complexity index is 993. The van der Waals surface area contributed by atoms with Crippen LogP contribution in [-0.4, -0.2) is 16.8 Å². The van der Waals surface area contributed by atoms with Gasteiger partial charge in [0.05, 0.1) is 11.4 Å². The molecule has 7 heteroatoms. The van der Waals surface area contributed by atoms with E-state index >= 15 is 0 Å². The minimum absolute atomic E-state index is 0.135. The summed E-state index contributed by atoms with van der Waals surface area (Å²) in [6.45, 7) is 3.47. The molecule has 3 rings (SSSR count). The molecule has 0 radical (unpaired) electrons. The van der Waals surface area contributed by atoms with E-state index in [4.69, 9.17) is 16.0 Å². The minimum atomic E-state index is -0.446. The van der Waals surface area contributed by atoms with Crippen LogP contribution in [0.3, 0.4) is 0 Å². The molecule has 2 N–H and O–H groups in total. The standard InChI is InChI=1S/C19H17ClN4O2/c1-12-15-10-6-7-11-16(15)26-17(12)19(25)24-21-13(2)18(20)23-22-14-8-4-3-5-9-14/h3-11,22H,1-2H3,(H,24,25)/b21-13+,23-18-. The van der Waals surface area contributed by atoms with Gasteiger partial charge in [0.25, 0.3) is 0 Å². The number of carbonyl (C=O) groups excluding carboxylic acids is 1. The fourth-order valence-electron chi connectivity index (χ4n) is 2.33. The molecule has 6 nitrogen and oxygen atoms in total. The molecule has 132 valence electrons. The highest BCUT2D eigenvalue weighted by Crippen LogP contribution is 2.24. The van der Waals surface area contributed by atoms with Crippen LogP contribution in [0.1, 0.15) is 23.0 Å². The van der Waals surface area contributed by atoms with E-state index < -0.39 is 5.91 Å². The number of furan rings is 1. The van der Waals surface area contributed by atoms with Crippen LogP contribution in [0.15, 0.2) is 69.2 Å². The number of benzene rings is 2. The summed E-state index contributed by atoms with van der Waals surface area (Å²) in [4.78, 5) is 12.3. The summed E-state index contributed by atoms with van der Waals surface area (Å²) in [7, 11) is 0. The molecule has 0 aliphatic rings. The highest BCUT2D eigenvalue weighted by molar-refractivity contribution is 6.83. The molecule has 2 aromatic carbocycles. The van der Waals surface area contributed by atoms with E-state index in [1.807, 2.05) is 61.5 Å². The van der Waals surface area contributed by atoms with E-state index in [0.29, 0.717) is 11.3 Å². The average molecular weight is 369 g/mol. The Morgan fingerprint density at radius 2 is 1.73 bits per heavy atom. The first kappa shape index (κ1) is 17.7. The van der Waals surface area contributed by atoms with Gasteiger partial charge in [-0.2, -0.15) is 10.2 Å². The highest BCUT2D eigenvalue weighted by atomic mass is 35.5. The Morgan fingerprint density at radius 3 is 2.46 bits per heavy atom. The highest BCUT2D eigenvalue weighted by Gasteiger charge is 2.17. The summed E-state index contributed by atoms with van der Waals surface area (Å²) in [6, 6.07) is 16.8. The van der Waals surface area contributed by atoms with Gasteiger partial charge in [-0.3, -0.25) is 10.2 Å². The molecule has 0 aliphatic heterocycles. The van der Waals surface area contributed by atoms with Crippen molar-refractivity contribution < 1.29 is 9.21 Å². The van der Waals surface area contributed by atoms with Crippen molar-refractivity contribution in [3.63, 3.8) is 0 Å². The summed E-state index contributed by atoms with van der Waals surface area (Å²) in [5, 5.41) is 9.03. The lowest BCUT2D eigenvalue weighted by atomic mass is 10.1. The lowest BCUT2D eigenvalue weighted by Crippen LogP contribution is -2.21. The van der Waals surface area contributed by atoms with E-state index in [-0.39, 0.29) is 10.9 Å². The van der Waals surface area contributed by atoms with E-state index in [2.05, 4.69) is 21.1 Å². The summed E-state index contributed by atoms with van der Waals surface area (Å²) in [6.07, 6.45) is 0. The second-order valence-electron chi connectivity index (χ2n) is 5.57. The third-order valence-corrected chi connectivity index (χ3v) is 4.09. The molecule has 0 unspecified atom stereocenters. The second-order valence-corrected chi connectivity index (χ2v) is 5.93. The van der Waals surface area contributed by atoms with Crippen molar-refractivity contribution in [3.05, 3.63) is 65.9 Å². The molecule has 0 aliphatic carbocycles. The number of hydrazone groups is 2. The van der Waals surface area contributed by atoms with E-state index in [9.17, 15) is 4.79 Å². The van der Waals surface area contributed by atoms with Gasteiger partial charge in [-0.05, 0) is 32.0 Å². The monoisotopic (exact) mass is 368 g/mol. The van der Waals surface area contributed by atoms with Crippen molar-refractivity contribution in [2.45, 2.75) is 13.8 Å². The van der Waals surface area contributed by atoms with Crippen LogP contribution < -0.4 is 10.9 Å². The number of hydrogen-bond donors (Lipinski definition) is 2. The van der Waals surface area contributed by atoms with Crippen LogP contribution in [-0.2, 0) is 0 Å². The van der Waals surface area contributed by atoms with Crippen molar-refractivity contribution >= 4 is 45.0 Å². The van der Waals surface area contributed by atoms with E-state index in [1.165, 1.54) is 0 Å². The molecular weight excluding hydrogens is 352 g/mol. The van der Waals surface area contributed by atoms with Gasteiger partial charge in [0.15, 0.2) is 10.9 Å². The maximum absolute atomic E-state index is 12.3. The lowest BCUT2D eigenvalue weighted by molar-refractivity contribution is 0.0928. The molecule has 0 bridgehead atoms. The minimum Gasteiger partial charge on any atom is -0.451 e. The molecule has 1 heterocycles. The Morgan fingerprint density at radius 1 is 1.04 bits per heavy atom. The van der Waals surface area contributed by atoms with Crippen LogP contribution >= 0.6 is 11.6 Å². The molecule has 3 aromatic rings. The number of carbonyl (C=O) groups is 1. The number of anilines is 1. The van der Waals surface area contributed by atoms with Crippen molar-refractivity contribution in [3.8, 4) is 0 Å². The van der Waals surface area contributed by atoms with Gasteiger partial charge in [-0.15, -0.1) is 0 Å². The van der Waals surface area contributed by atoms with E-state index in [0.717, 1.165) is 16.6 Å². The Hall–Kier alpha value is -3.12. The number of aryl methyl sites for hydroxylation is 1. The number of nitrogens with zero attached hydrogens (tertiary/aromatic N) is 2. The first-order valence-electron chi connectivity index (χ1n) is 7.93. The predicted molar refractivity (Wildman–Crippen MR) is 105 cm³/mol. The fourth-order valence-corrected chi connectivity index (χ4v) is 2.41. The number of fused-ring (bicyclic) bond motifs is 1. The second kappa shape index (κ2) is 7.84. The van der Waals surface area contributed by atoms with Crippen molar-refractivity contribution in [2.24, 2.45) is 10.2 Å². The molecule has 0 saturated heterocycles. The largest absolute Gasteiger partial charge is 0.451 e. The number of halogens is 1. The molecule has 0 fully saturated rings. The zero-order valence-electron chi connectivity index (χ0n) is 14.3. The fraction of sp³-hybridized carbons (Fsp3) is 0.105. The molecule has 1 aromatic heterocycles. The van der Waals surface area contributed by atoms with Crippen molar-refractivity contribution in [1.29, 1.82) is 0 Å². The molecule has 26 heavy (non-hydrogen) atoms. The molecule has 0 atom stereocenters. The lowest BCUT2D eigenvalue weighted by Gasteiger charge is -2.02. The quantitative estimate of drug-likeness (QED) is 0.513. The van der Waals surface area contributed by atoms with Gasteiger partial charge in [0.2, 0.25) is 0 Å². The van der Waals surface area contributed by atoms with E-state index in [1.54, 1.807) is 6.92 Å². The molecule has 1 amide bonds. The summed E-state index contributed by atoms with van der Waals surface area (Å²) in [5.74, 6) is -0.225. The molecule has 0 spiro atoms. The van der Waals surface area contributed by atoms with Crippen LogP contribution in [0, 0.1) is 6.92 Å². The smallest absolute Gasteiger partial charge is 0.307 e. The summed E-state index contributed by atoms with van der Waals surface area (Å²) >= 11 is 6.09. The number of amides is 1. The van der Waals surface area contributed by atoms with Gasteiger partial charge in [-0.25, -0.2) is 5.43 Å². The van der Waals surface area contributed by atoms with Crippen LogP contribution in [0.25, 0.3) is 11.0 Å². The van der Waals surface area contributed by atoms with Crippen LogP contribution in [0.4, 0.5) is 5.69 Å². The number of rotatable bonds is 5. The third kappa shape index (κ3) is 3.92. The van der Waals surface area contributed by atoms with Gasteiger partial charge in [0.1, 0.15) is 5.58 Å². The Balaban J connectivity index is 1.69. The van der Waals surface area contributed by atoms with Gasteiger partial charge >= 0.3 is 5.91 Å². The first-order valence-corrected chi connectivity index (χ1v) is 8.31. The van der Waals surface area contributed by atoms with Gasteiger partial charge in [-0.1, -0.05) is 48.0 Å². The van der Waals surface area contributed by atoms with Gasteiger partial charge in [0, 0.05) is 10.9 Å². The predicted octanol–water partition coefficient (Wildman–Crippen LogP) is 4.51. The topological polar surface area (TPSA) is 79.0 Å². The molecular formula is C19H17ClN4O2. The zero-order valence-corrected chi connectivity index (χ0v) is 15.0. The summed E-state index contributed by atoms with van der Waals surface area (Å²) < 4.78 is 5.60. The summed E-state index contributed by atoms with van der Waals surface area (Å²) in [5.41, 5.74) is 7.82. The number of nitrogens with one attached hydrogen (secondary N) is 2. The third-order valence-electron chi connectivity index (χ3n) is 3.73. The normalized spacial score (nSPS) is 12.3. The zero-order chi connectivity index (χ0) is 18.5.